The van der Waals surface area contributed by atoms with Crippen LogP contribution < -0.4 is 5.32 Å². The van der Waals surface area contributed by atoms with Gasteiger partial charge < -0.3 is 15.2 Å². The van der Waals surface area contributed by atoms with Crippen LogP contribution in [0.5, 0.6) is 0 Å². The number of nitrogens with one attached hydrogen (secondary N) is 1. The van der Waals surface area contributed by atoms with Gasteiger partial charge in [0.05, 0.1) is 5.56 Å². The average Bonchev–Trinajstić information content (AvgIpc) is 2.67. The van der Waals surface area contributed by atoms with E-state index in [4.69, 9.17) is 4.74 Å². The van der Waals surface area contributed by atoms with Crippen molar-refractivity contribution in [2.45, 2.75) is 74.1 Å². The number of carboxylic acid groups (broad SMARTS) is 1. The molecule has 1 amide bonds. The number of ether oxygens (including phenoxy) is 1. The SMILES string of the molecule is CC(C)(C)OC(=O)N[C@](C)(CCCc1ccc(Sc2cccc(C(F)(F)F)c2)cc1F)C(=O)O. The first-order valence-corrected chi connectivity index (χ1v) is 11.3. The fourth-order valence-electron chi connectivity index (χ4n) is 3.05. The van der Waals surface area contributed by atoms with Gasteiger partial charge in [0, 0.05) is 9.79 Å². The molecular formula is C24H27F4NO4S. The number of carboxylic acids is 1. The fourth-order valence-corrected chi connectivity index (χ4v) is 3.95. The Morgan fingerprint density at radius 2 is 1.68 bits per heavy atom. The van der Waals surface area contributed by atoms with Crippen LogP contribution in [0.25, 0.3) is 0 Å². The average molecular weight is 502 g/mol. The second-order valence-corrected chi connectivity index (χ2v) is 10.1. The molecule has 0 saturated carbocycles. The molecule has 0 radical (unpaired) electrons. The van der Waals surface area contributed by atoms with Crippen molar-refractivity contribution in [3.63, 3.8) is 0 Å². The summed E-state index contributed by atoms with van der Waals surface area (Å²) in [4.78, 5) is 24.5. The van der Waals surface area contributed by atoms with Crippen LogP contribution in [0.4, 0.5) is 22.4 Å². The summed E-state index contributed by atoms with van der Waals surface area (Å²) in [6.45, 7) is 6.32. The first-order chi connectivity index (χ1) is 15.6. The Hall–Kier alpha value is -2.75. The van der Waals surface area contributed by atoms with E-state index in [9.17, 15) is 32.3 Å². The monoisotopic (exact) mass is 501 g/mol. The zero-order chi connectivity index (χ0) is 25.7. The van der Waals surface area contributed by atoms with E-state index in [1.807, 2.05) is 0 Å². The summed E-state index contributed by atoms with van der Waals surface area (Å²) in [6, 6.07) is 9.12. The number of amides is 1. The zero-order valence-electron chi connectivity index (χ0n) is 19.3. The van der Waals surface area contributed by atoms with Gasteiger partial charge in [-0.05, 0) is 82.9 Å². The molecule has 5 nitrogen and oxygen atoms in total. The number of alkyl carbamates (subject to hydrolysis) is 1. The molecule has 34 heavy (non-hydrogen) atoms. The van der Waals surface area contributed by atoms with E-state index in [1.165, 1.54) is 31.2 Å². The molecule has 0 saturated heterocycles. The van der Waals surface area contributed by atoms with E-state index in [1.54, 1.807) is 26.8 Å². The van der Waals surface area contributed by atoms with Crippen molar-refractivity contribution in [3.05, 3.63) is 59.4 Å². The van der Waals surface area contributed by atoms with Gasteiger partial charge >= 0.3 is 18.2 Å². The van der Waals surface area contributed by atoms with Crippen LogP contribution in [0.2, 0.25) is 0 Å². The first-order valence-electron chi connectivity index (χ1n) is 10.5. The number of alkyl halides is 3. The molecule has 0 spiro atoms. The van der Waals surface area contributed by atoms with E-state index in [-0.39, 0.29) is 19.3 Å². The summed E-state index contributed by atoms with van der Waals surface area (Å²) in [5.74, 6) is -1.79. The fraction of sp³-hybridized carbons (Fsp3) is 0.417. The number of carbonyl (C=O) groups excluding carboxylic acids is 1. The lowest BCUT2D eigenvalue weighted by atomic mass is 9.93. The largest absolute Gasteiger partial charge is 0.480 e. The lowest BCUT2D eigenvalue weighted by Crippen LogP contribution is -2.53. The van der Waals surface area contributed by atoms with Gasteiger partial charge in [0.15, 0.2) is 0 Å². The van der Waals surface area contributed by atoms with Gasteiger partial charge in [0.1, 0.15) is 17.0 Å². The smallest absolute Gasteiger partial charge is 0.416 e. The summed E-state index contributed by atoms with van der Waals surface area (Å²) >= 11 is 1.00. The van der Waals surface area contributed by atoms with Crippen LogP contribution in [0, 0.1) is 5.82 Å². The second-order valence-electron chi connectivity index (χ2n) is 9.00. The summed E-state index contributed by atoms with van der Waals surface area (Å²) in [5.41, 5.74) is -2.84. The molecule has 0 aromatic heterocycles. The van der Waals surface area contributed by atoms with E-state index < -0.39 is 40.8 Å². The number of aliphatic carboxylic acids is 1. The predicted molar refractivity (Wildman–Crippen MR) is 120 cm³/mol. The Morgan fingerprint density at radius 3 is 2.24 bits per heavy atom. The minimum absolute atomic E-state index is 0.0295. The van der Waals surface area contributed by atoms with Crippen molar-refractivity contribution >= 4 is 23.8 Å². The Kier molecular flexibility index (Phi) is 8.63. The lowest BCUT2D eigenvalue weighted by molar-refractivity contribution is -0.144. The summed E-state index contributed by atoms with van der Waals surface area (Å²) in [5, 5.41) is 11.9. The number of hydrogen-bond donors (Lipinski definition) is 2. The van der Waals surface area contributed by atoms with Crippen LogP contribution in [0.3, 0.4) is 0 Å². The molecule has 0 aliphatic rings. The standard InChI is InChI=1S/C24H27F4NO4S/c1-22(2,3)33-21(32)29-23(4,20(30)31)12-6-7-15-10-11-18(14-19(15)25)34-17-9-5-8-16(13-17)24(26,27)28/h5,8-11,13-14H,6-7,12H2,1-4H3,(H,29,32)(H,30,31)/t23-/m1/s1. The third-order valence-corrected chi connectivity index (χ3v) is 5.77. The third kappa shape index (κ3) is 8.23. The van der Waals surface area contributed by atoms with Crippen LogP contribution >= 0.6 is 11.8 Å². The van der Waals surface area contributed by atoms with Crippen LogP contribution in [0.1, 0.15) is 51.7 Å². The van der Waals surface area contributed by atoms with Crippen molar-refractivity contribution in [2.75, 3.05) is 0 Å². The highest BCUT2D eigenvalue weighted by Gasteiger charge is 2.36. The number of rotatable bonds is 8. The highest BCUT2D eigenvalue weighted by molar-refractivity contribution is 7.99. The minimum atomic E-state index is -4.46. The van der Waals surface area contributed by atoms with Gasteiger partial charge in [-0.25, -0.2) is 14.0 Å². The normalized spacial score (nSPS) is 13.8. The van der Waals surface area contributed by atoms with E-state index in [0.717, 1.165) is 23.9 Å². The second kappa shape index (κ2) is 10.7. The van der Waals surface area contributed by atoms with Gasteiger partial charge in [-0.15, -0.1) is 0 Å². The predicted octanol–water partition coefficient (Wildman–Crippen LogP) is 6.69. The lowest BCUT2D eigenvalue weighted by Gasteiger charge is -2.28. The molecule has 2 aromatic rings. The topological polar surface area (TPSA) is 75.6 Å². The number of halogens is 4. The molecule has 0 heterocycles. The number of aryl methyl sites for hydroxylation is 1. The Bertz CT molecular complexity index is 1040. The van der Waals surface area contributed by atoms with Crippen LogP contribution in [-0.4, -0.2) is 28.3 Å². The van der Waals surface area contributed by atoms with Crippen molar-refractivity contribution in [1.82, 2.24) is 5.32 Å². The summed E-state index contributed by atoms with van der Waals surface area (Å²) in [6.07, 6.45) is -4.83. The number of hydrogen-bond acceptors (Lipinski definition) is 4. The zero-order valence-corrected chi connectivity index (χ0v) is 20.1. The van der Waals surface area contributed by atoms with Crippen molar-refractivity contribution in [1.29, 1.82) is 0 Å². The van der Waals surface area contributed by atoms with E-state index >= 15 is 0 Å². The van der Waals surface area contributed by atoms with Crippen molar-refractivity contribution in [2.24, 2.45) is 0 Å². The molecule has 10 heteroatoms. The summed E-state index contributed by atoms with van der Waals surface area (Å²) < 4.78 is 58.4. The Morgan fingerprint density at radius 1 is 1.03 bits per heavy atom. The molecule has 0 aliphatic heterocycles. The van der Waals surface area contributed by atoms with Crippen molar-refractivity contribution < 1.29 is 37.0 Å². The van der Waals surface area contributed by atoms with Gasteiger partial charge in [0.25, 0.3) is 0 Å². The van der Waals surface area contributed by atoms with Gasteiger partial charge in [0.2, 0.25) is 0 Å². The van der Waals surface area contributed by atoms with Crippen LogP contribution in [-0.2, 0) is 22.1 Å². The summed E-state index contributed by atoms with van der Waals surface area (Å²) in [7, 11) is 0. The first kappa shape index (κ1) is 27.5. The van der Waals surface area contributed by atoms with Gasteiger partial charge in [-0.1, -0.05) is 23.9 Å². The third-order valence-electron chi connectivity index (χ3n) is 4.79. The molecular weight excluding hydrogens is 474 g/mol. The van der Waals surface area contributed by atoms with Crippen LogP contribution in [0.15, 0.2) is 52.3 Å². The highest BCUT2D eigenvalue weighted by atomic mass is 32.2. The maximum Gasteiger partial charge on any atom is 0.416 e. The highest BCUT2D eigenvalue weighted by Crippen LogP contribution is 2.35. The van der Waals surface area contributed by atoms with E-state index in [0.29, 0.717) is 15.4 Å². The molecule has 2 N–H and O–H groups in total. The molecule has 0 unspecified atom stereocenters. The molecule has 0 aliphatic carbocycles. The van der Waals surface area contributed by atoms with Gasteiger partial charge in [-0.2, -0.15) is 13.2 Å². The molecule has 1 atom stereocenters. The maximum absolute atomic E-state index is 14.6. The molecule has 186 valence electrons. The molecule has 0 bridgehead atoms. The minimum Gasteiger partial charge on any atom is -0.480 e. The number of carbonyl (C=O) groups is 2. The Labute approximate surface area is 199 Å². The molecule has 2 rings (SSSR count). The van der Waals surface area contributed by atoms with Gasteiger partial charge in [-0.3, -0.25) is 0 Å². The quantitative estimate of drug-likeness (QED) is 0.395. The Balaban J connectivity index is 2.01. The van der Waals surface area contributed by atoms with E-state index in [2.05, 4.69) is 5.32 Å². The number of benzene rings is 2. The van der Waals surface area contributed by atoms with Crippen molar-refractivity contribution in [3.8, 4) is 0 Å². The molecule has 0 fully saturated rings. The molecule has 2 aromatic carbocycles. The maximum atomic E-state index is 14.6.